The van der Waals surface area contributed by atoms with E-state index in [1.54, 1.807) is 18.5 Å². The molecule has 2 aromatic rings. The Morgan fingerprint density at radius 2 is 2.00 bits per heavy atom. The molecule has 2 heterocycles. The molecule has 1 fully saturated rings. The lowest BCUT2D eigenvalue weighted by Gasteiger charge is -2.33. The molecule has 1 aliphatic heterocycles. The highest BCUT2D eigenvalue weighted by Crippen LogP contribution is 2.37. The van der Waals surface area contributed by atoms with E-state index < -0.39 is 14.8 Å². The van der Waals surface area contributed by atoms with Crippen molar-refractivity contribution in [3.63, 3.8) is 0 Å². The first-order valence-electron chi connectivity index (χ1n) is 8.43. The first-order valence-corrected chi connectivity index (χ1v) is 10.3. The average Bonchev–Trinajstić information content (AvgIpc) is 3.09. The monoisotopic (exact) mass is 379 g/mol. The number of rotatable bonds is 5. The molecular weight excluding hydrogens is 358 g/mol. The van der Waals surface area contributed by atoms with Crippen molar-refractivity contribution in [1.82, 2.24) is 14.8 Å². The lowest BCUT2D eigenvalue weighted by Crippen LogP contribution is -2.34. The molecule has 0 amide bonds. The number of anilines is 1. The number of aryl methyl sites for hydroxylation is 1. The summed E-state index contributed by atoms with van der Waals surface area (Å²) in [6, 6.07) is 4.45. The zero-order chi connectivity index (χ0) is 18.9. The number of nitro groups is 1. The van der Waals surface area contributed by atoms with Crippen molar-refractivity contribution in [2.45, 2.75) is 37.1 Å². The van der Waals surface area contributed by atoms with E-state index >= 15 is 0 Å². The van der Waals surface area contributed by atoms with Crippen LogP contribution < -0.4 is 4.90 Å². The van der Waals surface area contributed by atoms with Gasteiger partial charge in [0.05, 0.1) is 4.92 Å². The Hall–Kier alpha value is -2.49. The molecule has 1 aliphatic rings. The Morgan fingerprint density at radius 1 is 1.31 bits per heavy atom. The molecule has 0 atom stereocenters. The van der Waals surface area contributed by atoms with Crippen LogP contribution in [0.5, 0.6) is 0 Å². The van der Waals surface area contributed by atoms with Crippen molar-refractivity contribution in [2.24, 2.45) is 0 Å². The Bertz CT molecular complexity index is 916. The maximum Gasteiger partial charge on any atom is 0.311 e. The van der Waals surface area contributed by atoms with Gasteiger partial charge in [-0.15, -0.1) is 10.2 Å². The van der Waals surface area contributed by atoms with Crippen LogP contribution in [0.25, 0.3) is 0 Å². The van der Waals surface area contributed by atoms with Crippen LogP contribution in [-0.4, -0.2) is 47.5 Å². The third kappa shape index (κ3) is 3.41. The maximum absolute atomic E-state index is 11.9. The number of nitrogens with zero attached hydrogens (tertiary/aromatic N) is 5. The van der Waals surface area contributed by atoms with Crippen LogP contribution in [0, 0.1) is 10.1 Å². The molecule has 0 saturated carbocycles. The number of nitro benzene ring substituents is 1. The van der Waals surface area contributed by atoms with E-state index in [1.807, 2.05) is 16.4 Å². The molecule has 26 heavy (non-hydrogen) atoms. The molecule has 9 nitrogen and oxygen atoms in total. The van der Waals surface area contributed by atoms with E-state index in [2.05, 4.69) is 10.2 Å². The molecule has 0 N–H and O–H groups in total. The fourth-order valence-corrected chi connectivity index (χ4v) is 4.31. The van der Waals surface area contributed by atoms with Crippen molar-refractivity contribution in [3.8, 4) is 0 Å². The minimum Gasteiger partial charge on any atom is -0.366 e. The zero-order valence-electron chi connectivity index (χ0n) is 14.7. The second-order valence-corrected chi connectivity index (χ2v) is 8.37. The van der Waals surface area contributed by atoms with Crippen molar-refractivity contribution in [3.05, 3.63) is 40.5 Å². The summed E-state index contributed by atoms with van der Waals surface area (Å²) in [6.07, 6.45) is 4.25. The molecule has 1 aromatic heterocycles. The van der Waals surface area contributed by atoms with E-state index in [1.165, 1.54) is 6.07 Å². The number of piperidine rings is 1. The van der Waals surface area contributed by atoms with Gasteiger partial charge in [-0.3, -0.25) is 10.1 Å². The number of hydrogen-bond donors (Lipinski definition) is 0. The fourth-order valence-electron chi connectivity index (χ4n) is 3.45. The maximum atomic E-state index is 11.9. The molecular formula is C16H21N5O4S. The van der Waals surface area contributed by atoms with Crippen molar-refractivity contribution in [2.75, 3.05) is 24.2 Å². The SMILES string of the molecule is CCn1cnnc1C1CCN(c2cccc(S(C)(=O)=O)c2[N+](=O)[O-])CC1. The summed E-state index contributed by atoms with van der Waals surface area (Å²) in [5.41, 5.74) is 0.0125. The number of para-hydroxylation sites is 1. The smallest absolute Gasteiger partial charge is 0.311 e. The average molecular weight is 379 g/mol. The molecule has 0 spiro atoms. The first kappa shape index (κ1) is 18.3. The van der Waals surface area contributed by atoms with Gasteiger partial charge in [-0.1, -0.05) is 6.07 Å². The Morgan fingerprint density at radius 3 is 2.58 bits per heavy atom. The third-order valence-electron chi connectivity index (χ3n) is 4.75. The van der Waals surface area contributed by atoms with Gasteiger partial charge < -0.3 is 9.47 Å². The summed E-state index contributed by atoms with van der Waals surface area (Å²) < 4.78 is 25.9. The van der Waals surface area contributed by atoms with Gasteiger partial charge in [-0.25, -0.2) is 8.42 Å². The van der Waals surface area contributed by atoms with Gasteiger partial charge in [-0.05, 0) is 31.9 Å². The lowest BCUT2D eigenvalue weighted by atomic mass is 9.95. The minimum absolute atomic E-state index is 0.242. The zero-order valence-corrected chi connectivity index (χ0v) is 15.5. The first-order chi connectivity index (χ1) is 12.3. The number of sulfone groups is 1. The van der Waals surface area contributed by atoms with E-state index in [0.29, 0.717) is 18.8 Å². The van der Waals surface area contributed by atoms with Crippen molar-refractivity contribution < 1.29 is 13.3 Å². The Kier molecular flexibility index (Phi) is 4.94. The molecule has 0 aliphatic carbocycles. The van der Waals surface area contributed by atoms with E-state index in [4.69, 9.17) is 0 Å². The third-order valence-corrected chi connectivity index (χ3v) is 5.88. The van der Waals surface area contributed by atoms with E-state index in [9.17, 15) is 18.5 Å². The summed E-state index contributed by atoms with van der Waals surface area (Å²) in [5.74, 6) is 1.18. The van der Waals surface area contributed by atoms with Gasteiger partial charge in [-0.2, -0.15) is 0 Å². The van der Waals surface area contributed by atoms with Crippen LogP contribution in [0.2, 0.25) is 0 Å². The van der Waals surface area contributed by atoms with Crippen LogP contribution in [0.4, 0.5) is 11.4 Å². The molecule has 140 valence electrons. The summed E-state index contributed by atoms with van der Waals surface area (Å²) in [7, 11) is -3.68. The normalized spacial score (nSPS) is 16.0. The summed E-state index contributed by atoms with van der Waals surface area (Å²) in [6.45, 7) is 4.01. The molecule has 1 aromatic carbocycles. The standard InChI is InChI=1S/C16H21N5O4S/c1-3-19-11-17-18-16(19)12-7-9-20(10-8-12)13-5-4-6-14(26(2,24)25)15(13)21(22)23/h4-6,11-12H,3,7-10H2,1-2H3. The van der Waals surface area contributed by atoms with Crippen LogP contribution in [0.1, 0.15) is 31.5 Å². The molecule has 0 radical (unpaired) electrons. The number of aromatic nitrogens is 3. The second-order valence-electron chi connectivity index (χ2n) is 6.39. The summed E-state index contributed by atoms with van der Waals surface area (Å²) in [5, 5.41) is 19.7. The predicted octanol–water partition coefficient (Wildman–Crippen LogP) is 1.99. The van der Waals surface area contributed by atoms with Gasteiger partial charge in [0.1, 0.15) is 22.7 Å². The van der Waals surface area contributed by atoms with E-state index in [-0.39, 0.29) is 16.5 Å². The summed E-state index contributed by atoms with van der Waals surface area (Å²) >= 11 is 0. The highest BCUT2D eigenvalue weighted by molar-refractivity contribution is 7.90. The van der Waals surface area contributed by atoms with Crippen LogP contribution in [-0.2, 0) is 16.4 Å². The molecule has 3 rings (SSSR count). The Balaban J connectivity index is 1.87. The van der Waals surface area contributed by atoms with Crippen LogP contribution in [0.15, 0.2) is 29.4 Å². The van der Waals surface area contributed by atoms with Gasteiger partial charge >= 0.3 is 5.69 Å². The molecule has 1 saturated heterocycles. The van der Waals surface area contributed by atoms with Gasteiger partial charge in [0, 0.05) is 31.8 Å². The van der Waals surface area contributed by atoms with Gasteiger partial charge in [0.25, 0.3) is 0 Å². The predicted molar refractivity (Wildman–Crippen MR) is 96.1 cm³/mol. The van der Waals surface area contributed by atoms with Crippen molar-refractivity contribution >= 4 is 21.2 Å². The van der Waals surface area contributed by atoms with Crippen LogP contribution in [0.3, 0.4) is 0 Å². The molecule has 10 heteroatoms. The van der Waals surface area contributed by atoms with Gasteiger partial charge in [0.2, 0.25) is 0 Å². The quantitative estimate of drug-likeness (QED) is 0.577. The number of hydrogen-bond acceptors (Lipinski definition) is 7. The Labute approximate surface area is 151 Å². The second kappa shape index (κ2) is 7.02. The number of benzene rings is 1. The highest BCUT2D eigenvalue weighted by atomic mass is 32.2. The fraction of sp³-hybridized carbons (Fsp3) is 0.500. The molecule has 0 bridgehead atoms. The molecule has 0 unspecified atom stereocenters. The summed E-state index contributed by atoms with van der Waals surface area (Å²) in [4.78, 5) is 12.6. The lowest BCUT2D eigenvalue weighted by molar-refractivity contribution is -0.387. The van der Waals surface area contributed by atoms with Crippen LogP contribution >= 0.6 is 0 Å². The highest BCUT2D eigenvalue weighted by Gasteiger charge is 2.31. The van der Waals surface area contributed by atoms with E-state index in [0.717, 1.165) is 31.5 Å². The minimum atomic E-state index is -3.68. The van der Waals surface area contributed by atoms with Crippen molar-refractivity contribution in [1.29, 1.82) is 0 Å². The topological polar surface area (TPSA) is 111 Å². The largest absolute Gasteiger partial charge is 0.366 e. The van der Waals surface area contributed by atoms with Gasteiger partial charge in [0.15, 0.2) is 9.84 Å².